The number of hydrogen-bond donors (Lipinski definition) is 1. The van der Waals surface area contributed by atoms with Crippen molar-refractivity contribution < 1.29 is 14.0 Å². The molecular formula is C15H16FN3O2. The standard InChI is InChI=1S/C15H16FN3O2/c1-9(2)8-19(5-3-4-17)13-7-12-10(6-11(13)16)14(20)15(21)18-12/h6-7,9H,3,5,8H2,1-2H3,(H,18,20,21). The van der Waals surface area contributed by atoms with Gasteiger partial charge in [0, 0.05) is 13.1 Å². The van der Waals surface area contributed by atoms with E-state index in [-0.39, 0.29) is 17.9 Å². The van der Waals surface area contributed by atoms with Crippen LogP contribution in [0.15, 0.2) is 12.1 Å². The maximum absolute atomic E-state index is 14.3. The predicted molar refractivity (Wildman–Crippen MR) is 76.6 cm³/mol. The number of nitrogens with zero attached hydrogens (tertiary/aromatic N) is 2. The number of nitriles is 1. The van der Waals surface area contributed by atoms with E-state index in [1.165, 1.54) is 6.07 Å². The van der Waals surface area contributed by atoms with Crippen LogP contribution in [0.4, 0.5) is 15.8 Å². The lowest BCUT2D eigenvalue weighted by Gasteiger charge is -2.26. The van der Waals surface area contributed by atoms with Crippen LogP contribution in [0.3, 0.4) is 0 Å². The van der Waals surface area contributed by atoms with Crippen molar-refractivity contribution in [3.63, 3.8) is 0 Å². The lowest BCUT2D eigenvalue weighted by molar-refractivity contribution is -0.112. The smallest absolute Gasteiger partial charge is 0.296 e. The molecule has 1 aromatic rings. The van der Waals surface area contributed by atoms with Gasteiger partial charge in [-0.1, -0.05) is 13.8 Å². The molecule has 0 aliphatic carbocycles. The Morgan fingerprint density at radius 1 is 1.38 bits per heavy atom. The molecule has 1 aromatic carbocycles. The first-order valence-corrected chi connectivity index (χ1v) is 6.75. The molecule has 0 atom stereocenters. The van der Waals surface area contributed by atoms with Crippen molar-refractivity contribution in [2.45, 2.75) is 20.3 Å². The summed E-state index contributed by atoms with van der Waals surface area (Å²) in [6, 6.07) is 4.59. The number of rotatable bonds is 5. The molecule has 0 fully saturated rings. The summed E-state index contributed by atoms with van der Waals surface area (Å²) in [4.78, 5) is 24.6. The van der Waals surface area contributed by atoms with Gasteiger partial charge in [-0.05, 0) is 18.1 Å². The van der Waals surface area contributed by atoms with Crippen molar-refractivity contribution in [1.82, 2.24) is 0 Å². The van der Waals surface area contributed by atoms with Crippen molar-refractivity contribution in [2.75, 3.05) is 23.3 Å². The van der Waals surface area contributed by atoms with Crippen LogP contribution in [0.1, 0.15) is 30.6 Å². The summed E-state index contributed by atoms with van der Waals surface area (Å²) in [6.45, 7) is 4.97. The lowest BCUT2D eigenvalue weighted by atomic mass is 10.1. The summed E-state index contributed by atoms with van der Waals surface area (Å²) in [5.74, 6) is -1.73. The maximum atomic E-state index is 14.3. The van der Waals surface area contributed by atoms with E-state index in [0.717, 1.165) is 6.07 Å². The molecule has 0 bridgehead atoms. The van der Waals surface area contributed by atoms with E-state index >= 15 is 0 Å². The summed E-state index contributed by atoms with van der Waals surface area (Å²) >= 11 is 0. The van der Waals surface area contributed by atoms with Crippen LogP contribution in [0.25, 0.3) is 0 Å². The van der Waals surface area contributed by atoms with Crippen LogP contribution >= 0.6 is 0 Å². The van der Waals surface area contributed by atoms with Gasteiger partial charge in [0.05, 0.1) is 29.4 Å². The van der Waals surface area contributed by atoms with Crippen LogP contribution in [0.2, 0.25) is 0 Å². The number of carbonyl (C=O) groups excluding carboxylic acids is 2. The molecule has 0 spiro atoms. The number of amides is 1. The molecule has 0 saturated carbocycles. The molecule has 0 aromatic heterocycles. The fourth-order valence-electron chi connectivity index (χ4n) is 2.33. The molecule has 1 N–H and O–H groups in total. The SMILES string of the molecule is CC(C)CN(CCC#N)c1cc2c(cc1F)C(=O)C(=O)N2. The Kier molecular flexibility index (Phi) is 4.22. The monoisotopic (exact) mass is 289 g/mol. The van der Waals surface area contributed by atoms with Crippen LogP contribution in [0, 0.1) is 23.1 Å². The zero-order chi connectivity index (χ0) is 15.6. The average molecular weight is 289 g/mol. The quantitative estimate of drug-likeness (QED) is 0.844. The Labute approximate surface area is 122 Å². The predicted octanol–water partition coefficient (Wildman–Crippen LogP) is 2.34. The molecule has 0 radical (unpaired) electrons. The number of hydrogen-bond acceptors (Lipinski definition) is 4. The molecule has 5 nitrogen and oxygen atoms in total. The first-order valence-electron chi connectivity index (χ1n) is 6.75. The topological polar surface area (TPSA) is 73.2 Å². The van der Waals surface area contributed by atoms with Crippen molar-refractivity contribution >= 4 is 23.1 Å². The minimum absolute atomic E-state index is 0.0611. The molecule has 2 rings (SSSR count). The number of ketones is 1. The molecule has 1 aliphatic heterocycles. The van der Waals surface area contributed by atoms with E-state index in [1.807, 2.05) is 19.9 Å². The average Bonchev–Trinajstić information content (AvgIpc) is 2.69. The summed E-state index contributed by atoms with van der Waals surface area (Å²) in [5, 5.41) is 11.1. The highest BCUT2D eigenvalue weighted by Crippen LogP contribution is 2.31. The van der Waals surface area contributed by atoms with Crippen LogP contribution in [0.5, 0.6) is 0 Å². The van der Waals surface area contributed by atoms with Gasteiger partial charge in [-0.3, -0.25) is 9.59 Å². The fraction of sp³-hybridized carbons (Fsp3) is 0.400. The number of anilines is 2. The Bertz CT molecular complexity index is 635. The molecule has 1 amide bonds. The Morgan fingerprint density at radius 3 is 2.71 bits per heavy atom. The van der Waals surface area contributed by atoms with Crippen molar-refractivity contribution in [1.29, 1.82) is 5.26 Å². The highest BCUT2D eigenvalue weighted by molar-refractivity contribution is 6.51. The number of nitrogens with one attached hydrogen (secondary N) is 1. The van der Waals surface area contributed by atoms with Gasteiger partial charge in [-0.2, -0.15) is 5.26 Å². The number of carbonyl (C=O) groups is 2. The van der Waals surface area contributed by atoms with Crippen molar-refractivity contribution in [2.24, 2.45) is 5.92 Å². The third kappa shape index (κ3) is 3.02. The van der Waals surface area contributed by atoms with Gasteiger partial charge in [0.15, 0.2) is 0 Å². The van der Waals surface area contributed by atoms with Gasteiger partial charge < -0.3 is 10.2 Å². The third-order valence-electron chi connectivity index (χ3n) is 3.21. The molecule has 1 heterocycles. The van der Waals surface area contributed by atoms with E-state index in [4.69, 9.17) is 5.26 Å². The van der Waals surface area contributed by atoms with Crippen LogP contribution in [-0.2, 0) is 4.79 Å². The van der Waals surface area contributed by atoms with Gasteiger partial charge in [-0.25, -0.2) is 4.39 Å². The van der Waals surface area contributed by atoms with Crippen LogP contribution in [-0.4, -0.2) is 24.8 Å². The zero-order valence-corrected chi connectivity index (χ0v) is 11.9. The largest absolute Gasteiger partial charge is 0.368 e. The van der Waals surface area contributed by atoms with E-state index in [0.29, 0.717) is 24.5 Å². The Hall–Kier alpha value is -2.42. The molecule has 110 valence electrons. The summed E-state index contributed by atoms with van der Waals surface area (Å²) in [7, 11) is 0. The molecule has 1 aliphatic rings. The van der Waals surface area contributed by atoms with Crippen LogP contribution < -0.4 is 10.2 Å². The van der Waals surface area contributed by atoms with Gasteiger partial charge >= 0.3 is 0 Å². The lowest BCUT2D eigenvalue weighted by Crippen LogP contribution is -2.29. The minimum Gasteiger partial charge on any atom is -0.368 e. The summed E-state index contributed by atoms with van der Waals surface area (Å²) in [5.41, 5.74) is 0.686. The third-order valence-corrected chi connectivity index (χ3v) is 3.21. The molecule has 6 heteroatoms. The number of Topliss-reactive ketones (excluding diaryl/α,β-unsaturated/α-hetero) is 1. The minimum atomic E-state index is -0.742. The second-order valence-corrected chi connectivity index (χ2v) is 5.38. The van der Waals surface area contributed by atoms with E-state index in [2.05, 4.69) is 5.32 Å². The van der Waals surface area contributed by atoms with Gasteiger partial charge in [-0.15, -0.1) is 0 Å². The van der Waals surface area contributed by atoms with Crippen molar-refractivity contribution in [3.05, 3.63) is 23.5 Å². The van der Waals surface area contributed by atoms with E-state index < -0.39 is 17.5 Å². The summed E-state index contributed by atoms with van der Waals surface area (Å²) < 4.78 is 14.3. The van der Waals surface area contributed by atoms with E-state index in [9.17, 15) is 14.0 Å². The zero-order valence-electron chi connectivity index (χ0n) is 11.9. The Morgan fingerprint density at radius 2 is 2.10 bits per heavy atom. The second kappa shape index (κ2) is 5.92. The van der Waals surface area contributed by atoms with Gasteiger partial charge in [0.1, 0.15) is 5.82 Å². The van der Waals surface area contributed by atoms with Gasteiger partial charge in [0.2, 0.25) is 0 Å². The summed E-state index contributed by atoms with van der Waals surface area (Å²) in [6.07, 6.45) is 0.272. The molecule has 21 heavy (non-hydrogen) atoms. The Balaban J connectivity index is 2.38. The first-order chi connectivity index (χ1) is 9.93. The first kappa shape index (κ1) is 15.0. The normalized spacial score (nSPS) is 13.1. The molecule has 0 saturated heterocycles. The van der Waals surface area contributed by atoms with E-state index in [1.54, 1.807) is 4.90 Å². The fourth-order valence-corrected chi connectivity index (χ4v) is 2.33. The number of fused-ring (bicyclic) bond motifs is 1. The highest BCUT2D eigenvalue weighted by Gasteiger charge is 2.30. The van der Waals surface area contributed by atoms with Gasteiger partial charge in [0.25, 0.3) is 11.7 Å². The van der Waals surface area contributed by atoms with Crippen molar-refractivity contribution in [3.8, 4) is 6.07 Å². The number of benzene rings is 1. The highest BCUT2D eigenvalue weighted by atomic mass is 19.1. The molecular weight excluding hydrogens is 273 g/mol. The molecule has 0 unspecified atom stereocenters. The maximum Gasteiger partial charge on any atom is 0.296 e. The number of halogens is 1. The second-order valence-electron chi connectivity index (χ2n) is 5.38.